The molecule has 1 aliphatic heterocycles. The van der Waals surface area contributed by atoms with E-state index in [1.165, 1.54) is 17.2 Å². The normalized spacial score (nSPS) is 16.7. The molecule has 5 nitrogen and oxygen atoms in total. The van der Waals surface area contributed by atoms with Crippen molar-refractivity contribution in [1.82, 2.24) is 9.88 Å². The molecule has 1 aliphatic rings. The van der Waals surface area contributed by atoms with Crippen molar-refractivity contribution in [2.75, 3.05) is 24.5 Å². The van der Waals surface area contributed by atoms with Crippen LogP contribution in [0.1, 0.15) is 43.4 Å². The van der Waals surface area contributed by atoms with Crippen molar-refractivity contribution in [1.29, 1.82) is 0 Å². The van der Waals surface area contributed by atoms with Gasteiger partial charge in [0.25, 0.3) is 0 Å². The van der Waals surface area contributed by atoms with E-state index in [0.717, 1.165) is 53.7 Å². The number of carboxylic acid groups (broad SMARTS) is 1. The minimum Gasteiger partial charge on any atom is -0.481 e. The van der Waals surface area contributed by atoms with Gasteiger partial charge in [-0.3, -0.25) is 9.69 Å². The van der Waals surface area contributed by atoms with Crippen molar-refractivity contribution in [2.45, 2.75) is 52.6 Å². The Bertz CT molecular complexity index is 1160. The van der Waals surface area contributed by atoms with Crippen LogP contribution in [0.5, 0.6) is 0 Å². The Labute approximate surface area is 211 Å². The van der Waals surface area contributed by atoms with Gasteiger partial charge >= 0.3 is 5.97 Å². The smallest absolute Gasteiger partial charge is 0.303 e. The summed E-state index contributed by atoms with van der Waals surface area (Å²) in [6.45, 7) is 10.2. The van der Waals surface area contributed by atoms with Crippen LogP contribution in [0.15, 0.2) is 48.7 Å². The van der Waals surface area contributed by atoms with Crippen LogP contribution in [0.2, 0.25) is 0 Å². The van der Waals surface area contributed by atoms with Crippen LogP contribution in [0, 0.1) is 18.7 Å². The first-order valence-electron chi connectivity index (χ1n) is 12.3. The van der Waals surface area contributed by atoms with Crippen molar-refractivity contribution in [2.24, 2.45) is 5.92 Å². The Morgan fingerprint density at radius 1 is 1.20 bits per heavy atom. The van der Waals surface area contributed by atoms with E-state index in [1.807, 2.05) is 12.3 Å². The summed E-state index contributed by atoms with van der Waals surface area (Å²) in [4.78, 5) is 21.6. The predicted molar refractivity (Wildman–Crippen MR) is 141 cm³/mol. The minimum atomic E-state index is -0.761. The van der Waals surface area contributed by atoms with Gasteiger partial charge in [-0.15, -0.1) is 0 Å². The Morgan fingerprint density at radius 3 is 2.74 bits per heavy atom. The van der Waals surface area contributed by atoms with Crippen LogP contribution >= 0.6 is 11.3 Å². The molecule has 3 aromatic rings. The topological polar surface area (TPSA) is 56.7 Å². The summed E-state index contributed by atoms with van der Waals surface area (Å²) >= 11 is 1.63. The molecule has 0 unspecified atom stereocenters. The van der Waals surface area contributed by atoms with E-state index in [2.05, 4.69) is 48.8 Å². The lowest BCUT2D eigenvalue weighted by Crippen LogP contribution is -2.53. The number of carboxylic acids is 1. The summed E-state index contributed by atoms with van der Waals surface area (Å²) in [7, 11) is 0. The van der Waals surface area contributed by atoms with Gasteiger partial charge in [-0.1, -0.05) is 61.1 Å². The Balaban J connectivity index is 1.47. The molecule has 1 aromatic heterocycles. The number of nitrogens with zero attached hydrogens (tertiary/aromatic N) is 3. The van der Waals surface area contributed by atoms with Crippen LogP contribution in [0.3, 0.4) is 0 Å². The largest absolute Gasteiger partial charge is 0.481 e. The number of piperazine rings is 1. The van der Waals surface area contributed by atoms with E-state index in [1.54, 1.807) is 23.5 Å². The summed E-state index contributed by atoms with van der Waals surface area (Å²) in [5.41, 5.74) is 4.37. The lowest BCUT2D eigenvalue weighted by molar-refractivity contribution is -0.136. The number of carbonyl (C=O) groups is 1. The molecule has 2 aromatic carbocycles. The Kier molecular flexibility index (Phi) is 8.19. The number of halogens is 1. The van der Waals surface area contributed by atoms with Crippen molar-refractivity contribution >= 4 is 22.4 Å². The number of aryl methyl sites for hydroxylation is 2. The molecule has 35 heavy (non-hydrogen) atoms. The molecule has 7 heteroatoms. The minimum absolute atomic E-state index is 0.156. The van der Waals surface area contributed by atoms with E-state index in [4.69, 9.17) is 10.1 Å². The van der Waals surface area contributed by atoms with E-state index in [9.17, 15) is 9.18 Å². The summed E-state index contributed by atoms with van der Waals surface area (Å²) in [5, 5.41) is 10.0. The second-order valence-electron chi connectivity index (χ2n) is 9.95. The van der Waals surface area contributed by atoms with Crippen molar-refractivity contribution in [3.05, 3.63) is 71.2 Å². The number of anilines is 1. The molecule has 1 saturated heterocycles. The maximum atomic E-state index is 13.7. The SMILES string of the molecule is Cc1cc(CCC(=O)O)cc(CN2CCN(c3ncc(-c4cccc(F)c4)s3)[C@H](CC(C)C)C2)c1. The number of aliphatic carboxylic acids is 1. The second-order valence-corrected chi connectivity index (χ2v) is 11.0. The van der Waals surface area contributed by atoms with Gasteiger partial charge < -0.3 is 10.0 Å². The molecule has 0 spiro atoms. The highest BCUT2D eigenvalue weighted by molar-refractivity contribution is 7.18. The third kappa shape index (κ3) is 6.89. The van der Waals surface area contributed by atoms with E-state index < -0.39 is 5.97 Å². The summed E-state index contributed by atoms with van der Waals surface area (Å²) < 4.78 is 13.7. The van der Waals surface area contributed by atoms with Crippen molar-refractivity contribution in [3.8, 4) is 10.4 Å². The molecule has 0 saturated carbocycles. The third-order valence-corrected chi connectivity index (χ3v) is 7.47. The van der Waals surface area contributed by atoms with Crippen molar-refractivity contribution < 1.29 is 14.3 Å². The molecule has 0 bridgehead atoms. The van der Waals surface area contributed by atoms with E-state index in [-0.39, 0.29) is 12.2 Å². The predicted octanol–water partition coefficient (Wildman–Crippen LogP) is 6.01. The summed E-state index contributed by atoms with van der Waals surface area (Å²) in [6, 6.07) is 13.5. The van der Waals surface area contributed by atoms with E-state index >= 15 is 0 Å². The number of hydrogen-bond acceptors (Lipinski definition) is 5. The third-order valence-electron chi connectivity index (χ3n) is 6.39. The molecule has 1 atom stereocenters. The van der Waals surface area contributed by atoms with Gasteiger partial charge in [0.1, 0.15) is 5.82 Å². The molecule has 0 amide bonds. The highest BCUT2D eigenvalue weighted by Crippen LogP contribution is 2.34. The maximum Gasteiger partial charge on any atom is 0.303 e. The zero-order valence-electron chi connectivity index (χ0n) is 20.7. The van der Waals surface area contributed by atoms with Gasteiger partial charge in [0.2, 0.25) is 0 Å². The average molecular weight is 496 g/mol. The maximum absolute atomic E-state index is 13.7. The molecule has 4 rings (SSSR count). The van der Waals surface area contributed by atoms with Gasteiger partial charge in [-0.25, -0.2) is 9.37 Å². The number of thiazole rings is 1. The fraction of sp³-hybridized carbons (Fsp3) is 0.429. The first-order chi connectivity index (χ1) is 16.8. The standard InChI is InChI=1S/C28H34FN3O2S/c1-19(2)11-25-18-31(17-22-13-20(3)12-21(14-22)7-8-27(33)34)9-10-32(25)28-30-16-26(35-28)23-5-4-6-24(29)15-23/h4-6,12-16,19,25H,7-11,17-18H2,1-3H3,(H,33,34)/t25-/m1/s1. The zero-order chi connectivity index (χ0) is 24.9. The Hall–Kier alpha value is -2.77. The van der Waals surface area contributed by atoms with Gasteiger partial charge in [0.05, 0.1) is 4.88 Å². The molecular formula is C28H34FN3O2S. The van der Waals surface area contributed by atoms with Crippen LogP contribution in [0.4, 0.5) is 9.52 Å². The van der Waals surface area contributed by atoms with Gasteiger partial charge in [-0.05, 0) is 54.5 Å². The average Bonchev–Trinajstić information content (AvgIpc) is 3.27. The molecule has 1 fully saturated rings. The van der Waals surface area contributed by atoms with E-state index in [0.29, 0.717) is 18.4 Å². The van der Waals surface area contributed by atoms with Crippen LogP contribution in [-0.4, -0.2) is 46.6 Å². The monoisotopic (exact) mass is 495 g/mol. The highest BCUT2D eigenvalue weighted by Gasteiger charge is 2.29. The quantitative estimate of drug-likeness (QED) is 0.394. The fourth-order valence-electron chi connectivity index (χ4n) is 4.93. The van der Waals surface area contributed by atoms with Crippen LogP contribution in [-0.2, 0) is 17.8 Å². The molecule has 186 valence electrons. The van der Waals surface area contributed by atoms with Gasteiger partial charge in [0.15, 0.2) is 5.13 Å². The molecular weight excluding hydrogens is 461 g/mol. The second kappa shape index (κ2) is 11.3. The summed E-state index contributed by atoms with van der Waals surface area (Å²) in [6.07, 6.45) is 3.65. The van der Waals surface area contributed by atoms with Crippen LogP contribution < -0.4 is 4.90 Å². The highest BCUT2D eigenvalue weighted by atomic mass is 32.1. The molecule has 0 radical (unpaired) electrons. The molecule has 0 aliphatic carbocycles. The number of hydrogen-bond donors (Lipinski definition) is 1. The molecule has 2 heterocycles. The number of benzene rings is 2. The lowest BCUT2D eigenvalue weighted by atomic mass is 9.99. The Morgan fingerprint density at radius 2 is 2.00 bits per heavy atom. The van der Waals surface area contributed by atoms with Gasteiger partial charge in [0, 0.05) is 44.8 Å². The molecule has 1 N–H and O–H groups in total. The fourth-order valence-corrected chi connectivity index (χ4v) is 5.94. The van der Waals surface area contributed by atoms with Crippen molar-refractivity contribution in [3.63, 3.8) is 0 Å². The summed E-state index contributed by atoms with van der Waals surface area (Å²) in [5.74, 6) is -0.429. The number of rotatable bonds is 9. The first-order valence-corrected chi connectivity index (χ1v) is 13.1. The van der Waals surface area contributed by atoms with Gasteiger partial charge in [-0.2, -0.15) is 0 Å². The van der Waals surface area contributed by atoms with Crippen LogP contribution in [0.25, 0.3) is 10.4 Å². The lowest BCUT2D eigenvalue weighted by Gasteiger charge is -2.42. The zero-order valence-corrected chi connectivity index (χ0v) is 21.5. The first kappa shape index (κ1) is 25.3. The number of aromatic nitrogens is 1.